The molecule has 1 rings (SSSR count). The van der Waals surface area contributed by atoms with E-state index >= 15 is 0 Å². The summed E-state index contributed by atoms with van der Waals surface area (Å²) in [5.74, 6) is -0.922. The molecule has 1 N–H and O–H groups in total. The monoisotopic (exact) mass is 344 g/mol. The number of carbonyl (C=O) groups excluding carboxylic acids is 1. The number of nitrogens with one attached hydrogen (secondary N) is 1. The van der Waals surface area contributed by atoms with Crippen LogP contribution in [0, 0.1) is 10.1 Å². The molecule has 1 aromatic rings. The highest BCUT2D eigenvalue weighted by molar-refractivity contribution is 6.68. The molecule has 0 aliphatic rings. The number of non-ortho nitro benzene ring substituents is 1. The Morgan fingerprint density at radius 2 is 1.95 bits per heavy atom. The second kappa shape index (κ2) is 6.92. The van der Waals surface area contributed by atoms with E-state index < -0.39 is 27.5 Å². The number of carbonyl (C=O) groups is 1. The van der Waals surface area contributed by atoms with Crippen molar-refractivity contribution in [1.82, 2.24) is 5.32 Å². The first-order valence-electron chi connectivity index (χ1n) is 5.07. The molecule has 0 aliphatic heterocycles. The standard InChI is InChI=1S/C10H8Cl3FN2O4/c11-10(12,13)9(15-8(17)5-14)20-7-3-1-6(2-4-7)16(18)19/h1-4,9H,5H2,(H,15,17)/t9-/m0/s1. The fourth-order valence-corrected chi connectivity index (χ4v) is 1.44. The fourth-order valence-electron chi connectivity index (χ4n) is 1.15. The molecule has 0 spiro atoms. The van der Waals surface area contributed by atoms with Gasteiger partial charge in [-0.3, -0.25) is 14.9 Å². The molecule has 0 radical (unpaired) electrons. The lowest BCUT2D eigenvalue weighted by atomic mass is 10.3. The quantitative estimate of drug-likeness (QED) is 0.385. The van der Waals surface area contributed by atoms with Gasteiger partial charge in [-0.15, -0.1) is 0 Å². The van der Waals surface area contributed by atoms with Crippen molar-refractivity contribution >= 4 is 46.4 Å². The highest BCUT2D eigenvalue weighted by Crippen LogP contribution is 2.32. The molecule has 10 heteroatoms. The molecule has 110 valence electrons. The van der Waals surface area contributed by atoms with Crippen LogP contribution in [0.15, 0.2) is 24.3 Å². The summed E-state index contributed by atoms with van der Waals surface area (Å²) in [6.07, 6.45) is -1.45. The van der Waals surface area contributed by atoms with Crippen LogP contribution in [0.2, 0.25) is 0 Å². The Hall–Kier alpha value is -1.31. The van der Waals surface area contributed by atoms with Gasteiger partial charge in [0.25, 0.3) is 11.6 Å². The van der Waals surface area contributed by atoms with Crippen molar-refractivity contribution in [1.29, 1.82) is 0 Å². The zero-order chi connectivity index (χ0) is 15.3. The Kier molecular flexibility index (Phi) is 5.79. The van der Waals surface area contributed by atoms with Crippen LogP contribution in [0.5, 0.6) is 5.75 Å². The largest absolute Gasteiger partial charge is 0.466 e. The number of hydrogen-bond donors (Lipinski definition) is 1. The maximum Gasteiger partial charge on any atom is 0.269 e. The van der Waals surface area contributed by atoms with Gasteiger partial charge in [0.15, 0.2) is 6.67 Å². The van der Waals surface area contributed by atoms with E-state index in [1.165, 1.54) is 24.3 Å². The smallest absolute Gasteiger partial charge is 0.269 e. The number of hydrogen-bond acceptors (Lipinski definition) is 4. The molecule has 1 atom stereocenters. The minimum atomic E-state index is -2.05. The summed E-state index contributed by atoms with van der Waals surface area (Å²) in [5, 5.41) is 12.5. The number of nitro benzene ring substituents is 1. The summed E-state index contributed by atoms with van der Waals surface area (Å²) >= 11 is 16.8. The summed E-state index contributed by atoms with van der Waals surface area (Å²) in [4.78, 5) is 20.9. The number of nitrogens with zero attached hydrogens (tertiary/aromatic N) is 1. The van der Waals surface area contributed by atoms with Gasteiger partial charge in [0.2, 0.25) is 10.0 Å². The van der Waals surface area contributed by atoms with Gasteiger partial charge < -0.3 is 10.1 Å². The van der Waals surface area contributed by atoms with E-state index in [4.69, 9.17) is 39.5 Å². The third-order valence-electron chi connectivity index (χ3n) is 2.01. The lowest BCUT2D eigenvalue weighted by Crippen LogP contribution is -2.48. The average Bonchev–Trinajstić information content (AvgIpc) is 2.37. The van der Waals surface area contributed by atoms with Crippen LogP contribution in [-0.4, -0.2) is 27.5 Å². The molecule has 0 heterocycles. The summed E-state index contributed by atoms with van der Waals surface area (Å²) in [7, 11) is 0. The summed E-state index contributed by atoms with van der Waals surface area (Å²) < 4.78 is 15.3. The minimum absolute atomic E-state index is 0.103. The average molecular weight is 346 g/mol. The first-order valence-corrected chi connectivity index (χ1v) is 6.20. The van der Waals surface area contributed by atoms with Crippen LogP contribution in [0.1, 0.15) is 0 Å². The van der Waals surface area contributed by atoms with E-state index in [9.17, 15) is 19.3 Å². The van der Waals surface area contributed by atoms with E-state index in [1.54, 1.807) is 0 Å². The first kappa shape index (κ1) is 16.7. The number of ether oxygens (including phenoxy) is 1. The normalized spacial score (nSPS) is 12.6. The second-order valence-corrected chi connectivity index (χ2v) is 5.86. The van der Waals surface area contributed by atoms with Gasteiger partial charge in [-0.2, -0.15) is 0 Å². The number of rotatable bonds is 5. The van der Waals surface area contributed by atoms with Crippen molar-refractivity contribution in [3.05, 3.63) is 34.4 Å². The van der Waals surface area contributed by atoms with Gasteiger partial charge in [-0.1, -0.05) is 34.8 Å². The zero-order valence-electron chi connectivity index (χ0n) is 9.69. The van der Waals surface area contributed by atoms with Crippen LogP contribution < -0.4 is 10.1 Å². The second-order valence-electron chi connectivity index (χ2n) is 3.49. The third kappa shape index (κ3) is 4.99. The van der Waals surface area contributed by atoms with Crippen LogP contribution in [0.4, 0.5) is 10.1 Å². The fraction of sp³-hybridized carbons (Fsp3) is 0.300. The van der Waals surface area contributed by atoms with Crippen LogP contribution in [0.25, 0.3) is 0 Å². The predicted octanol–water partition coefficient (Wildman–Crippen LogP) is 2.76. The zero-order valence-corrected chi connectivity index (χ0v) is 12.0. The molecule has 0 saturated carbocycles. The Balaban J connectivity index is 2.84. The molecule has 0 aliphatic carbocycles. The molecule has 1 amide bonds. The van der Waals surface area contributed by atoms with Crippen molar-refractivity contribution in [2.24, 2.45) is 0 Å². The van der Waals surface area contributed by atoms with E-state index in [-0.39, 0.29) is 11.4 Å². The highest BCUT2D eigenvalue weighted by Gasteiger charge is 2.36. The topological polar surface area (TPSA) is 81.5 Å². The molecule has 1 aromatic carbocycles. The summed E-state index contributed by atoms with van der Waals surface area (Å²) in [6.45, 7) is -1.30. The van der Waals surface area contributed by atoms with Crippen LogP contribution in [-0.2, 0) is 4.79 Å². The molecule has 0 bridgehead atoms. The third-order valence-corrected chi connectivity index (χ3v) is 2.61. The van der Waals surface area contributed by atoms with Crippen molar-refractivity contribution in [2.75, 3.05) is 6.67 Å². The molecule has 0 saturated heterocycles. The molecule has 0 fully saturated rings. The van der Waals surface area contributed by atoms with Crippen molar-refractivity contribution in [3.63, 3.8) is 0 Å². The molecule has 0 unspecified atom stereocenters. The molecule has 20 heavy (non-hydrogen) atoms. The van der Waals surface area contributed by atoms with Crippen molar-refractivity contribution < 1.29 is 18.8 Å². The van der Waals surface area contributed by atoms with Crippen LogP contribution in [0.3, 0.4) is 0 Å². The predicted molar refractivity (Wildman–Crippen MR) is 71.9 cm³/mol. The van der Waals surface area contributed by atoms with Gasteiger partial charge in [0, 0.05) is 12.1 Å². The molecule has 6 nitrogen and oxygen atoms in total. The minimum Gasteiger partial charge on any atom is -0.466 e. The number of alkyl halides is 4. The number of benzene rings is 1. The first-order chi connectivity index (χ1) is 9.24. The molecular weight excluding hydrogens is 337 g/mol. The van der Waals surface area contributed by atoms with E-state index in [0.29, 0.717) is 0 Å². The number of nitro groups is 1. The van der Waals surface area contributed by atoms with E-state index in [2.05, 4.69) is 0 Å². The van der Waals surface area contributed by atoms with E-state index in [1.807, 2.05) is 5.32 Å². The Morgan fingerprint density at radius 1 is 1.40 bits per heavy atom. The maximum absolute atomic E-state index is 12.1. The van der Waals surface area contributed by atoms with Crippen molar-refractivity contribution in [3.8, 4) is 5.75 Å². The van der Waals surface area contributed by atoms with Crippen molar-refractivity contribution in [2.45, 2.75) is 10.0 Å². The highest BCUT2D eigenvalue weighted by atomic mass is 35.6. The van der Waals surface area contributed by atoms with Gasteiger partial charge in [0.1, 0.15) is 5.75 Å². The lowest BCUT2D eigenvalue weighted by Gasteiger charge is -2.25. The van der Waals surface area contributed by atoms with Crippen LogP contribution >= 0.6 is 34.8 Å². The van der Waals surface area contributed by atoms with E-state index in [0.717, 1.165) is 0 Å². The summed E-state index contributed by atoms with van der Waals surface area (Å²) in [5.41, 5.74) is -0.157. The Morgan fingerprint density at radius 3 is 2.35 bits per heavy atom. The van der Waals surface area contributed by atoms with Gasteiger partial charge in [-0.05, 0) is 12.1 Å². The number of amides is 1. The van der Waals surface area contributed by atoms with Gasteiger partial charge in [0.05, 0.1) is 4.92 Å². The lowest BCUT2D eigenvalue weighted by molar-refractivity contribution is -0.384. The summed E-state index contributed by atoms with van der Waals surface area (Å²) in [6, 6.07) is 4.84. The SMILES string of the molecule is O=C(CF)N[C@@H](Oc1ccc([N+](=O)[O-])cc1)C(Cl)(Cl)Cl. The Labute approximate surface area is 127 Å². The molecule has 0 aromatic heterocycles. The van der Waals surface area contributed by atoms with Gasteiger partial charge >= 0.3 is 0 Å². The molecular formula is C10H8Cl3FN2O4. The Bertz CT molecular complexity index is 492. The maximum atomic E-state index is 12.1. The number of halogens is 4. The van der Waals surface area contributed by atoms with Gasteiger partial charge in [-0.25, -0.2) is 4.39 Å².